The number of anilines is 1. The number of aromatic amines is 1. The van der Waals surface area contributed by atoms with Gasteiger partial charge in [0.1, 0.15) is 17.3 Å². The minimum Gasteiger partial charge on any atom is -0.366 e. The molecule has 0 amide bonds. The molecule has 0 spiro atoms. The molecule has 4 aromatic rings. The van der Waals surface area contributed by atoms with E-state index in [2.05, 4.69) is 20.3 Å². The SMILES string of the molecule is CCCn1c(-c2ccc(NCc3ccc(CN)cc3)nc2)nc2c(=O)n(C3CC3)c(=O)[nH]c21. The molecule has 9 nitrogen and oxygen atoms in total. The number of nitrogens with two attached hydrogens (primary N) is 1. The highest BCUT2D eigenvalue weighted by Gasteiger charge is 2.29. The van der Waals surface area contributed by atoms with E-state index in [4.69, 9.17) is 5.73 Å². The minimum absolute atomic E-state index is 0.0102. The smallest absolute Gasteiger partial charge is 0.330 e. The molecule has 0 aliphatic heterocycles. The van der Waals surface area contributed by atoms with Crippen molar-refractivity contribution in [2.75, 3.05) is 5.32 Å². The van der Waals surface area contributed by atoms with Gasteiger partial charge in [-0.05, 0) is 42.5 Å². The Morgan fingerprint density at radius 1 is 1.12 bits per heavy atom. The summed E-state index contributed by atoms with van der Waals surface area (Å²) in [4.78, 5) is 37.6. The lowest BCUT2D eigenvalue weighted by Gasteiger charge is -2.09. The Balaban J connectivity index is 1.44. The Morgan fingerprint density at radius 3 is 2.52 bits per heavy atom. The quantitative estimate of drug-likeness (QED) is 0.383. The van der Waals surface area contributed by atoms with Crippen LogP contribution in [0.25, 0.3) is 22.6 Å². The largest absolute Gasteiger partial charge is 0.366 e. The molecule has 1 aliphatic rings. The van der Waals surface area contributed by atoms with Crippen molar-refractivity contribution in [2.45, 2.75) is 51.9 Å². The van der Waals surface area contributed by atoms with Crippen LogP contribution in [0.15, 0.2) is 52.2 Å². The molecule has 4 N–H and O–H groups in total. The summed E-state index contributed by atoms with van der Waals surface area (Å²) in [6.07, 6.45) is 4.28. The normalized spacial score (nSPS) is 13.5. The Labute approximate surface area is 190 Å². The van der Waals surface area contributed by atoms with Crippen LogP contribution in [-0.4, -0.2) is 24.1 Å². The van der Waals surface area contributed by atoms with Crippen molar-refractivity contribution in [3.05, 3.63) is 74.6 Å². The molecule has 1 fully saturated rings. The Morgan fingerprint density at radius 2 is 1.88 bits per heavy atom. The Hall–Kier alpha value is -3.72. The van der Waals surface area contributed by atoms with Crippen LogP contribution in [0.3, 0.4) is 0 Å². The van der Waals surface area contributed by atoms with Gasteiger partial charge < -0.3 is 15.6 Å². The molecule has 0 atom stereocenters. The van der Waals surface area contributed by atoms with Crippen LogP contribution in [0.4, 0.5) is 5.82 Å². The van der Waals surface area contributed by atoms with E-state index >= 15 is 0 Å². The van der Waals surface area contributed by atoms with Crippen molar-refractivity contribution in [3.63, 3.8) is 0 Å². The number of rotatable bonds is 8. The van der Waals surface area contributed by atoms with Crippen molar-refractivity contribution in [1.82, 2.24) is 24.1 Å². The topological polar surface area (TPSA) is 124 Å². The van der Waals surface area contributed by atoms with Crippen LogP contribution in [0, 0.1) is 0 Å². The molecule has 3 heterocycles. The minimum atomic E-state index is -0.365. The second kappa shape index (κ2) is 8.67. The highest BCUT2D eigenvalue weighted by molar-refractivity contribution is 5.76. The summed E-state index contributed by atoms with van der Waals surface area (Å²) in [5.41, 5.74) is 8.76. The summed E-state index contributed by atoms with van der Waals surface area (Å²) in [5, 5.41) is 3.32. The number of nitrogens with one attached hydrogen (secondary N) is 2. The summed E-state index contributed by atoms with van der Waals surface area (Å²) in [6.45, 7) is 3.85. The van der Waals surface area contributed by atoms with E-state index in [0.29, 0.717) is 36.6 Å². The van der Waals surface area contributed by atoms with E-state index in [1.54, 1.807) is 6.20 Å². The highest BCUT2D eigenvalue weighted by Crippen LogP contribution is 2.32. The number of hydrogen-bond acceptors (Lipinski definition) is 6. The van der Waals surface area contributed by atoms with Crippen LogP contribution in [-0.2, 0) is 19.6 Å². The number of aryl methyl sites for hydroxylation is 1. The van der Waals surface area contributed by atoms with Gasteiger partial charge in [0, 0.05) is 37.4 Å². The van der Waals surface area contributed by atoms with Crippen LogP contribution in [0.2, 0.25) is 0 Å². The molecule has 0 radical (unpaired) electrons. The average molecular weight is 446 g/mol. The van der Waals surface area contributed by atoms with Gasteiger partial charge in [-0.3, -0.25) is 14.3 Å². The van der Waals surface area contributed by atoms with Crippen LogP contribution >= 0.6 is 0 Å². The zero-order chi connectivity index (χ0) is 22.9. The predicted molar refractivity (Wildman–Crippen MR) is 128 cm³/mol. The first kappa shape index (κ1) is 21.1. The number of pyridine rings is 1. The number of benzene rings is 1. The fourth-order valence-corrected chi connectivity index (χ4v) is 4.04. The number of hydrogen-bond donors (Lipinski definition) is 3. The number of H-pyrrole nitrogens is 1. The van der Waals surface area contributed by atoms with Gasteiger partial charge in [-0.15, -0.1) is 0 Å². The van der Waals surface area contributed by atoms with Crippen LogP contribution in [0.1, 0.15) is 43.4 Å². The first-order valence-corrected chi connectivity index (χ1v) is 11.3. The molecule has 1 saturated carbocycles. The van der Waals surface area contributed by atoms with Crippen LogP contribution in [0.5, 0.6) is 0 Å². The summed E-state index contributed by atoms with van der Waals surface area (Å²) in [6, 6.07) is 11.9. The lowest BCUT2D eigenvalue weighted by atomic mass is 10.1. The predicted octanol–water partition coefficient (Wildman–Crippen LogP) is 2.76. The first-order chi connectivity index (χ1) is 16.1. The lowest BCUT2D eigenvalue weighted by molar-refractivity contribution is 0.655. The van der Waals surface area contributed by atoms with Crippen molar-refractivity contribution >= 4 is 17.0 Å². The molecular weight excluding hydrogens is 418 g/mol. The van der Waals surface area contributed by atoms with Gasteiger partial charge in [-0.1, -0.05) is 31.2 Å². The molecule has 0 unspecified atom stereocenters. The van der Waals surface area contributed by atoms with Gasteiger partial charge in [0.05, 0.1) is 0 Å². The van der Waals surface area contributed by atoms with E-state index in [-0.39, 0.29) is 17.3 Å². The third kappa shape index (κ3) is 4.07. The third-order valence-corrected chi connectivity index (χ3v) is 5.95. The zero-order valence-corrected chi connectivity index (χ0v) is 18.5. The molecule has 0 bridgehead atoms. The standard InChI is InChI=1S/C24H27N7O2/c1-2-11-30-21(28-20-22(30)29-24(33)31(23(20)32)18-8-9-18)17-7-10-19(27-14-17)26-13-16-5-3-15(12-25)4-6-16/h3-7,10,14,18H,2,8-9,11-13,25H2,1H3,(H,26,27)(H,29,33). The van der Waals surface area contributed by atoms with Crippen LogP contribution < -0.4 is 22.3 Å². The second-order valence-corrected chi connectivity index (χ2v) is 8.43. The zero-order valence-electron chi connectivity index (χ0n) is 18.5. The highest BCUT2D eigenvalue weighted by atomic mass is 16.2. The lowest BCUT2D eigenvalue weighted by Crippen LogP contribution is -2.34. The fourth-order valence-electron chi connectivity index (χ4n) is 4.04. The van der Waals surface area contributed by atoms with Gasteiger partial charge in [-0.2, -0.15) is 0 Å². The molecule has 170 valence electrons. The molecule has 33 heavy (non-hydrogen) atoms. The fraction of sp³-hybridized carbons (Fsp3) is 0.333. The van der Waals surface area contributed by atoms with Gasteiger partial charge in [0.25, 0.3) is 5.56 Å². The Kier molecular flexibility index (Phi) is 5.55. The van der Waals surface area contributed by atoms with Gasteiger partial charge in [-0.25, -0.2) is 14.8 Å². The summed E-state index contributed by atoms with van der Waals surface area (Å²) in [7, 11) is 0. The maximum atomic E-state index is 13.0. The number of imidazole rings is 1. The summed E-state index contributed by atoms with van der Waals surface area (Å²) < 4.78 is 3.21. The molecular formula is C24H27N7O2. The van der Waals surface area contributed by atoms with E-state index in [1.165, 1.54) is 4.57 Å². The van der Waals surface area contributed by atoms with Crippen molar-refractivity contribution in [1.29, 1.82) is 0 Å². The molecule has 0 saturated heterocycles. The maximum Gasteiger partial charge on any atom is 0.330 e. The molecule has 9 heteroatoms. The number of aromatic nitrogens is 5. The first-order valence-electron chi connectivity index (χ1n) is 11.3. The summed E-state index contributed by atoms with van der Waals surface area (Å²) >= 11 is 0. The van der Waals surface area contributed by atoms with E-state index in [9.17, 15) is 9.59 Å². The third-order valence-electron chi connectivity index (χ3n) is 5.95. The van der Waals surface area contributed by atoms with Gasteiger partial charge in [0.2, 0.25) is 0 Å². The molecule has 5 rings (SSSR count). The maximum absolute atomic E-state index is 13.0. The number of fused-ring (bicyclic) bond motifs is 1. The van der Waals surface area contributed by atoms with Crippen molar-refractivity contribution in [2.24, 2.45) is 5.73 Å². The van der Waals surface area contributed by atoms with Crippen molar-refractivity contribution < 1.29 is 0 Å². The van der Waals surface area contributed by atoms with E-state index in [1.807, 2.05) is 47.9 Å². The molecule has 3 aromatic heterocycles. The molecule has 1 aliphatic carbocycles. The van der Waals surface area contributed by atoms with Gasteiger partial charge in [0.15, 0.2) is 5.52 Å². The van der Waals surface area contributed by atoms with Crippen molar-refractivity contribution in [3.8, 4) is 11.4 Å². The Bertz CT molecular complexity index is 1390. The summed E-state index contributed by atoms with van der Waals surface area (Å²) in [5.74, 6) is 1.37. The van der Waals surface area contributed by atoms with E-state index in [0.717, 1.165) is 41.8 Å². The number of nitrogens with zero attached hydrogens (tertiary/aromatic N) is 4. The average Bonchev–Trinajstić information content (AvgIpc) is 3.60. The van der Waals surface area contributed by atoms with Gasteiger partial charge >= 0.3 is 5.69 Å². The monoisotopic (exact) mass is 445 g/mol. The molecule has 1 aromatic carbocycles. The van der Waals surface area contributed by atoms with E-state index < -0.39 is 0 Å². The second-order valence-electron chi connectivity index (χ2n) is 8.43.